The van der Waals surface area contributed by atoms with Gasteiger partial charge in [-0.2, -0.15) is 0 Å². The lowest BCUT2D eigenvalue weighted by Crippen LogP contribution is -2.45. The number of hydrogen-bond donors (Lipinski definition) is 1. The summed E-state index contributed by atoms with van der Waals surface area (Å²) >= 11 is 6.04. The molecule has 1 heterocycles. The molecule has 0 aliphatic rings. The van der Waals surface area contributed by atoms with Crippen LogP contribution in [0.5, 0.6) is 0 Å². The number of nitrogens with zero attached hydrogens (tertiary/aromatic N) is 2. The van der Waals surface area contributed by atoms with Gasteiger partial charge in [-0.25, -0.2) is 4.98 Å². The molecule has 4 nitrogen and oxygen atoms in total. The summed E-state index contributed by atoms with van der Waals surface area (Å²) in [5.74, 6) is 0.0582. The molecule has 100 valence electrons. The number of rotatable bonds is 4. The minimum Gasteiger partial charge on any atom is -0.340 e. The molecule has 0 bridgehead atoms. The Hall–Kier alpha value is -1.81. The number of carbonyl (C=O) groups excluding carboxylic acids is 1. The van der Waals surface area contributed by atoms with E-state index in [1.54, 1.807) is 17.1 Å². The van der Waals surface area contributed by atoms with Crippen molar-refractivity contribution in [3.05, 3.63) is 54.1 Å². The van der Waals surface area contributed by atoms with Gasteiger partial charge in [0.05, 0.1) is 11.9 Å². The Morgan fingerprint density at radius 3 is 2.63 bits per heavy atom. The van der Waals surface area contributed by atoms with Gasteiger partial charge >= 0.3 is 0 Å². The topological polar surface area (TPSA) is 46.9 Å². The first-order valence-electron chi connectivity index (χ1n) is 5.97. The number of nitrogens with one attached hydrogen (secondary N) is 1. The van der Waals surface area contributed by atoms with Crippen LogP contribution < -0.4 is 5.32 Å². The molecule has 19 heavy (non-hydrogen) atoms. The van der Waals surface area contributed by atoms with Gasteiger partial charge in [-0.1, -0.05) is 30.3 Å². The van der Waals surface area contributed by atoms with Crippen LogP contribution in [0.15, 0.2) is 42.9 Å². The number of aryl methyl sites for hydroxylation is 1. The number of hydrogen-bond acceptors (Lipinski definition) is 2. The highest BCUT2D eigenvalue weighted by Crippen LogP contribution is 2.22. The summed E-state index contributed by atoms with van der Waals surface area (Å²) in [5.41, 5.74) is 0.737. The average molecular weight is 278 g/mol. The average Bonchev–Trinajstić information content (AvgIpc) is 2.86. The van der Waals surface area contributed by atoms with E-state index in [0.717, 1.165) is 5.56 Å². The smallest absolute Gasteiger partial charge is 0.272 e. The van der Waals surface area contributed by atoms with Gasteiger partial charge in [-0.05, 0) is 12.5 Å². The molecular formula is C14H16ClN3O. The molecular weight excluding hydrogens is 262 g/mol. The maximum atomic E-state index is 12.2. The standard InChI is InChI=1S/C14H16ClN3O/c1-14(9-15,11-6-4-3-5-7-11)17-13(19)12-8-18(2)10-16-12/h3-8,10H,9H2,1-2H3,(H,17,19). The minimum atomic E-state index is -0.614. The monoisotopic (exact) mass is 277 g/mol. The van der Waals surface area contributed by atoms with Crippen molar-refractivity contribution in [3.8, 4) is 0 Å². The SMILES string of the molecule is Cn1cnc(C(=O)NC(C)(CCl)c2ccccc2)c1. The van der Waals surface area contributed by atoms with Crippen LogP contribution in [0.3, 0.4) is 0 Å². The Bertz CT molecular complexity index is 567. The van der Waals surface area contributed by atoms with Gasteiger partial charge in [0.15, 0.2) is 0 Å². The van der Waals surface area contributed by atoms with Gasteiger partial charge in [-0.3, -0.25) is 4.79 Å². The van der Waals surface area contributed by atoms with Crippen LogP contribution in [0.1, 0.15) is 23.0 Å². The van der Waals surface area contributed by atoms with Crippen LogP contribution in [-0.2, 0) is 12.6 Å². The van der Waals surface area contributed by atoms with Gasteiger partial charge in [0.1, 0.15) is 5.69 Å². The molecule has 0 radical (unpaired) electrons. The second-order valence-corrected chi connectivity index (χ2v) is 4.98. The number of benzene rings is 1. The van der Waals surface area contributed by atoms with Crippen molar-refractivity contribution in [2.75, 3.05) is 5.88 Å². The van der Waals surface area contributed by atoms with Crippen molar-refractivity contribution in [2.24, 2.45) is 7.05 Å². The number of imidazole rings is 1. The second kappa shape index (κ2) is 5.45. The zero-order chi connectivity index (χ0) is 13.9. The van der Waals surface area contributed by atoms with Crippen molar-refractivity contribution in [2.45, 2.75) is 12.5 Å². The van der Waals surface area contributed by atoms with Gasteiger partial charge in [0, 0.05) is 19.1 Å². The molecule has 1 aromatic carbocycles. The van der Waals surface area contributed by atoms with Gasteiger partial charge in [0.2, 0.25) is 0 Å². The molecule has 0 aliphatic carbocycles. The third kappa shape index (κ3) is 2.96. The van der Waals surface area contributed by atoms with E-state index in [4.69, 9.17) is 11.6 Å². The van der Waals surface area contributed by atoms with Crippen molar-refractivity contribution in [1.82, 2.24) is 14.9 Å². The number of amides is 1. The number of alkyl halides is 1. The quantitative estimate of drug-likeness (QED) is 0.872. The van der Waals surface area contributed by atoms with E-state index in [0.29, 0.717) is 5.69 Å². The van der Waals surface area contributed by atoms with Crippen molar-refractivity contribution < 1.29 is 4.79 Å². The van der Waals surface area contributed by atoms with E-state index in [1.807, 2.05) is 44.3 Å². The zero-order valence-corrected chi connectivity index (χ0v) is 11.7. The van der Waals surface area contributed by atoms with E-state index in [9.17, 15) is 4.79 Å². The van der Waals surface area contributed by atoms with Crippen LogP contribution in [0, 0.1) is 0 Å². The normalized spacial score (nSPS) is 13.8. The number of halogens is 1. The van der Waals surface area contributed by atoms with E-state index < -0.39 is 5.54 Å². The number of carbonyl (C=O) groups is 1. The lowest BCUT2D eigenvalue weighted by molar-refractivity contribution is 0.0908. The van der Waals surface area contributed by atoms with Crippen LogP contribution in [0.4, 0.5) is 0 Å². The fourth-order valence-corrected chi connectivity index (χ4v) is 2.05. The molecule has 1 amide bonds. The molecule has 1 N–H and O–H groups in total. The van der Waals surface area contributed by atoms with E-state index in [-0.39, 0.29) is 11.8 Å². The fourth-order valence-electron chi connectivity index (χ4n) is 1.83. The molecule has 0 aliphatic heterocycles. The van der Waals surface area contributed by atoms with Gasteiger partial charge in [0.25, 0.3) is 5.91 Å². The molecule has 0 saturated heterocycles. The molecule has 0 saturated carbocycles. The molecule has 1 unspecified atom stereocenters. The predicted octanol–water partition coefficient (Wildman–Crippen LogP) is 2.30. The zero-order valence-electron chi connectivity index (χ0n) is 10.9. The molecule has 0 spiro atoms. The second-order valence-electron chi connectivity index (χ2n) is 4.71. The maximum Gasteiger partial charge on any atom is 0.272 e. The summed E-state index contributed by atoms with van der Waals surface area (Å²) in [5, 5.41) is 2.94. The predicted molar refractivity (Wildman–Crippen MR) is 75.2 cm³/mol. The van der Waals surface area contributed by atoms with Crippen LogP contribution in [-0.4, -0.2) is 21.3 Å². The molecule has 1 aromatic heterocycles. The summed E-state index contributed by atoms with van der Waals surface area (Å²) < 4.78 is 1.73. The summed E-state index contributed by atoms with van der Waals surface area (Å²) in [6, 6.07) is 9.67. The van der Waals surface area contributed by atoms with Crippen molar-refractivity contribution in [1.29, 1.82) is 0 Å². The molecule has 2 rings (SSSR count). The van der Waals surface area contributed by atoms with Crippen molar-refractivity contribution >= 4 is 17.5 Å². The fraction of sp³-hybridized carbons (Fsp3) is 0.286. The van der Waals surface area contributed by atoms with Crippen LogP contribution in [0.2, 0.25) is 0 Å². The molecule has 2 aromatic rings. The van der Waals surface area contributed by atoms with Crippen molar-refractivity contribution in [3.63, 3.8) is 0 Å². The lowest BCUT2D eigenvalue weighted by Gasteiger charge is -2.28. The van der Waals surface area contributed by atoms with E-state index in [2.05, 4.69) is 10.3 Å². The summed E-state index contributed by atoms with van der Waals surface area (Å²) in [7, 11) is 1.82. The van der Waals surface area contributed by atoms with Gasteiger partial charge < -0.3 is 9.88 Å². The summed E-state index contributed by atoms with van der Waals surface area (Å²) in [4.78, 5) is 16.2. The first kappa shape index (κ1) is 13.6. The van der Waals surface area contributed by atoms with E-state index in [1.165, 1.54) is 0 Å². The Morgan fingerprint density at radius 1 is 1.42 bits per heavy atom. The highest BCUT2D eigenvalue weighted by atomic mass is 35.5. The maximum absolute atomic E-state index is 12.2. The third-order valence-corrected chi connectivity index (χ3v) is 3.54. The third-order valence-electron chi connectivity index (χ3n) is 3.01. The van der Waals surface area contributed by atoms with Crippen LogP contribution >= 0.6 is 11.6 Å². The lowest BCUT2D eigenvalue weighted by atomic mass is 9.94. The molecule has 5 heteroatoms. The highest BCUT2D eigenvalue weighted by Gasteiger charge is 2.28. The highest BCUT2D eigenvalue weighted by molar-refractivity contribution is 6.18. The van der Waals surface area contributed by atoms with Crippen LogP contribution in [0.25, 0.3) is 0 Å². The Balaban J connectivity index is 2.22. The molecule has 1 atom stereocenters. The van der Waals surface area contributed by atoms with Gasteiger partial charge in [-0.15, -0.1) is 11.6 Å². The summed E-state index contributed by atoms with van der Waals surface area (Å²) in [6.45, 7) is 1.90. The minimum absolute atomic E-state index is 0.229. The first-order valence-corrected chi connectivity index (χ1v) is 6.50. The first-order chi connectivity index (χ1) is 9.05. The van der Waals surface area contributed by atoms with E-state index >= 15 is 0 Å². The largest absolute Gasteiger partial charge is 0.340 e. The number of aromatic nitrogens is 2. The Morgan fingerprint density at radius 2 is 2.11 bits per heavy atom. The Kier molecular flexibility index (Phi) is 3.90. The Labute approximate surface area is 117 Å². The summed E-state index contributed by atoms with van der Waals surface area (Å²) in [6.07, 6.45) is 3.27. The molecule has 0 fully saturated rings.